The molecule has 0 saturated heterocycles. The second-order valence-corrected chi connectivity index (χ2v) is 6.69. The summed E-state index contributed by atoms with van der Waals surface area (Å²) < 4.78 is 40.3. The lowest BCUT2D eigenvalue weighted by molar-refractivity contribution is -0.130. The van der Waals surface area contributed by atoms with E-state index >= 15 is 0 Å². The summed E-state index contributed by atoms with van der Waals surface area (Å²) in [5.41, 5.74) is -0.813. The summed E-state index contributed by atoms with van der Waals surface area (Å²) in [5.74, 6) is -0.486. The minimum Gasteiger partial charge on any atom is -0.333 e. The van der Waals surface area contributed by atoms with E-state index in [4.69, 9.17) is 0 Å². The van der Waals surface area contributed by atoms with Crippen LogP contribution in [0.25, 0.3) is 5.57 Å². The van der Waals surface area contributed by atoms with E-state index in [2.05, 4.69) is 0 Å². The van der Waals surface area contributed by atoms with Gasteiger partial charge in [-0.25, -0.2) is 0 Å². The summed E-state index contributed by atoms with van der Waals surface area (Å²) in [4.78, 5) is 14.4. The number of carbonyl (C=O) groups excluding carboxylic acids is 1. The molecule has 1 aromatic rings. The minimum absolute atomic E-state index is 0.0396. The van der Waals surface area contributed by atoms with E-state index in [1.165, 1.54) is 12.1 Å². The van der Waals surface area contributed by atoms with E-state index in [0.29, 0.717) is 0 Å². The second kappa shape index (κ2) is 6.99. The fourth-order valence-corrected chi connectivity index (χ4v) is 3.51. The van der Waals surface area contributed by atoms with Crippen LogP contribution in [-0.2, 0) is 4.79 Å². The van der Waals surface area contributed by atoms with E-state index in [0.717, 1.165) is 51.0 Å². The molecule has 5 heteroatoms. The standard InChI is InChI=1S/C19H22F3NO/c20-19(21,22)17(14-7-3-1-4-8-14)13-18(24)23(16-11-12-16)15-9-5-2-6-10-15/h1,3-4,7-8,13,15-16H,2,5-6,9-12H2/b17-13+. The fraction of sp³-hybridized carbons (Fsp3) is 0.526. The Hall–Kier alpha value is -1.78. The number of carbonyl (C=O) groups is 1. The van der Waals surface area contributed by atoms with Crippen molar-refractivity contribution in [1.29, 1.82) is 0 Å². The monoisotopic (exact) mass is 337 g/mol. The zero-order chi connectivity index (χ0) is 17.2. The number of rotatable bonds is 4. The summed E-state index contributed by atoms with van der Waals surface area (Å²) in [6.07, 6.45) is 3.14. The number of nitrogens with zero attached hydrogens (tertiary/aromatic N) is 1. The molecule has 0 bridgehead atoms. The first kappa shape index (κ1) is 17.1. The summed E-state index contributed by atoms with van der Waals surface area (Å²) in [5, 5.41) is 0. The third-order valence-electron chi connectivity index (χ3n) is 4.82. The van der Waals surface area contributed by atoms with Gasteiger partial charge in [-0.15, -0.1) is 0 Å². The topological polar surface area (TPSA) is 20.3 Å². The van der Waals surface area contributed by atoms with Crippen LogP contribution >= 0.6 is 0 Å². The second-order valence-electron chi connectivity index (χ2n) is 6.69. The van der Waals surface area contributed by atoms with E-state index in [1.54, 1.807) is 23.1 Å². The van der Waals surface area contributed by atoms with Crippen molar-refractivity contribution in [3.8, 4) is 0 Å². The Morgan fingerprint density at radius 2 is 1.54 bits per heavy atom. The number of benzene rings is 1. The van der Waals surface area contributed by atoms with E-state index in [1.807, 2.05) is 0 Å². The number of hydrogen-bond donors (Lipinski definition) is 0. The zero-order valence-corrected chi connectivity index (χ0v) is 13.6. The van der Waals surface area contributed by atoms with Crippen molar-refractivity contribution in [2.75, 3.05) is 0 Å². The average Bonchev–Trinajstić information content (AvgIpc) is 3.38. The lowest BCUT2D eigenvalue weighted by Gasteiger charge is -2.34. The first-order valence-corrected chi connectivity index (χ1v) is 8.63. The van der Waals surface area contributed by atoms with Crippen LogP contribution in [0.1, 0.15) is 50.5 Å². The first-order valence-electron chi connectivity index (χ1n) is 8.63. The van der Waals surface area contributed by atoms with Crippen LogP contribution in [-0.4, -0.2) is 29.1 Å². The van der Waals surface area contributed by atoms with Gasteiger partial charge in [0.15, 0.2) is 0 Å². The molecular formula is C19H22F3NO. The molecule has 2 aliphatic rings. The predicted molar refractivity (Wildman–Crippen MR) is 87.2 cm³/mol. The SMILES string of the molecule is O=C(/C=C(\c1ccccc1)C(F)(F)F)N(C1CCCCC1)C1CC1. The molecular weight excluding hydrogens is 315 g/mol. The van der Waals surface area contributed by atoms with Crippen LogP contribution in [0.4, 0.5) is 13.2 Å². The highest BCUT2D eigenvalue weighted by atomic mass is 19.4. The molecule has 2 aliphatic carbocycles. The van der Waals surface area contributed by atoms with Crippen molar-refractivity contribution in [2.45, 2.75) is 63.2 Å². The predicted octanol–water partition coefficient (Wildman–Crippen LogP) is 4.96. The quantitative estimate of drug-likeness (QED) is 0.712. The van der Waals surface area contributed by atoms with Crippen LogP contribution in [0, 0.1) is 0 Å². The molecule has 0 N–H and O–H groups in total. The van der Waals surface area contributed by atoms with Crippen molar-refractivity contribution < 1.29 is 18.0 Å². The van der Waals surface area contributed by atoms with Gasteiger partial charge < -0.3 is 4.90 Å². The molecule has 1 amide bonds. The molecule has 0 unspecified atom stereocenters. The molecule has 2 nitrogen and oxygen atoms in total. The van der Waals surface area contributed by atoms with E-state index in [-0.39, 0.29) is 17.6 Å². The van der Waals surface area contributed by atoms with Crippen LogP contribution in [0.2, 0.25) is 0 Å². The lowest BCUT2D eigenvalue weighted by atomic mass is 9.93. The smallest absolute Gasteiger partial charge is 0.333 e. The van der Waals surface area contributed by atoms with Crippen LogP contribution < -0.4 is 0 Å². The summed E-state index contributed by atoms with van der Waals surface area (Å²) in [6.45, 7) is 0. The molecule has 2 fully saturated rings. The van der Waals surface area contributed by atoms with Crippen molar-refractivity contribution in [2.24, 2.45) is 0 Å². The molecule has 24 heavy (non-hydrogen) atoms. The van der Waals surface area contributed by atoms with Gasteiger partial charge in [-0.1, -0.05) is 49.6 Å². The Morgan fingerprint density at radius 3 is 2.08 bits per heavy atom. The number of halogens is 3. The van der Waals surface area contributed by atoms with Gasteiger partial charge in [-0.05, 0) is 31.2 Å². The Bertz CT molecular complexity index is 599. The number of alkyl halides is 3. The number of allylic oxidation sites excluding steroid dienone is 1. The molecule has 0 spiro atoms. The molecule has 0 atom stereocenters. The molecule has 130 valence electrons. The van der Waals surface area contributed by atoms with Gasteiger partial charge in [-0.3, -0.25) is 4.79 Å². The number of amides is 1. The maximum atomic E-state index is 13.4. The summed E-state index contributed by atoms with van der Waals surface area (Å²) in [6, 6.07) is 7.79. The van der Waals surface area contributed by atoms with Gasteiger partial charge >= 0.3 is 6.18 Å². The maximum Gasteiger partial charge on any atom is 0.417 e. The summed E-state index contributed by atoms with van der Waals surface area (Å²) >= 11 is 0. The highest BCUT2D eigenvalue weighted by Crippen LogP contribution is 2.37. The Morgan fingerprint density at radius 1 is 0.958 bits per heavy atom. The fourth-order valence-electron chi connectivity index (χ4n) is 3.51. The number of hydrogen-bond acceptors (Lipinski definition) is 1. The van der Waals surface area contributed by atoms with Crippen molar-refractivity contribution in [3.05, 3.63) is 42.0 Å². The first-order chi connectivity index (χ1) is 11.5. The van der Waals surface area contributed by atoms with Gasteiger partial charge in [0.25, 0.3) is 0 Å². The Labute approximate surface area is 140 Å². The van der Waals surface area contributed by atoms with Gasteiger partial charge in [-0.2, -0.15) is 13.2 Å². The molecule has 0 aliphatic heterocycles. The maximum absolute atomic E-state index is 13.4. The normalized spacial score (nSPS) is 20.0. The lowest BCUT2D eigenvalue weighted by Crippen LogP contribution is -2.42. The molecule has 1 aromatic carbocycles. The third kappa shape index (κ3) is 4.00. The van der Waals surface area contributed by atoms with E-state index < -0.39 is 17.7 Å². The molecule has 0 aromatic heterocycles. The van der Waals surface area contributed by atoms with Gasteiger partial charge in [0.05, 0.1) is 5.57 Å². The third-order valence-corrected chi connectivity index (χ3v) is 4.82. The Kier molecular flexibility index (Phi) is 4.97. The zero-order valence-electron chi connectivity index (χ0n) is 13.6. The van der Waals surface area contributed by atoms with Gasteiger partial charge in [0.1, 0.15) is 0 Å². The van der Waals surface area contributed by atoms with Gasteiger partial charge in [0.2, 0.25) is 5.91 Å². The van der Waals surface area contributed by atoms with Crippen molar-refractivity contribution in [1.82, 2.24) is 4.90 Å². The molecule has 2 saturated carbocycles. The van der Waals surface area contributed by atoms with Crippen molar-refractivity contribution in [3.63, 3.8) is 0 Å². The molecule has 3 rings (SSSR count). The van der Waals surface area contributed by atoms with Crippen LogP contribution in [0.5, 0.6) is 0 Å². The summed E-state index contributed by atoms with van der Waals surface area (Å²) in [7, 11) is 0. The van der Waals surface area contributed by atoms with Crippen molar-refractivity contribution >= 4 is 11.5 Å². The molecule has 0 radical (unpaired) electrons. The highest BCUT2D eigenvalue weighted by Gasteiger charge is 2.40. The van der Waals surface area contributed by atoms with Gasteiger partial charge in [0, 0.05) is 18.2 Å². The highest BCUT2D eigenvalue weighted by molar-refractivity contribution is 5.96. The minimum atomic E-state index is -4.54. The average molecular weight is 337 g/mol. The van der Waals surface area contributed by atoms with Crippen LogP contribution in [0.3, 0.4) is 0 Å². The van der Waals surface area contributed by atoms with Crippen LogP contribution in [0.15, 0.2) is 36.4 Å². The Balaban J connectivity index is 1.88. The largest absolute Gasteiger partial charge is 0.417 e. The molecule has 0 heterocycles. The van der Waals surface area contributed by atoms with E-state index in [9.17, 15) is 18.0 Å².